The van der Waals surface area contributed by atoms with Crippen molar-refractivity contribution in [1.82, 2.24) is 15.2 Å². The van der Waals surface area contributed by atoms with Crippen molar-refractivity contribution in [1.29, 1.82) is 0 Å². The predicted octanol–water partition coefficient (Wildman–Crippen LogP) is -0.0871. The third-order valence-corrected chi connectivity index (χ3v) is 6.77. The van der Waals surface area contributed by atoms with Gasteiger partial charge in [0.05, 0.1) is 0 Å². The zero-order valence-corrected chi connectivity index (χ0v) is 21.6. The summed E-state index contributed by atoms with van der Waals surface area (Å²) in [4.78, 5) is 70.8. The largest absolute Gasteiger partial charge is 0.462 e. The summed E-state index contributed by atoms with van der Waals surface area (Å²) in [6, 6.07) is -0.988. The second kappa shape index (κ2) is 12.4. The molecule has 2 aliphatic rings. The number of carbonyl (C=O) groups excluding carboxylic acids is 5. The van der Waals surface area contributed by atoms with Crippen molar-refractivity contribution in [2.75, 3.05) is 32.0 Å². The van der Waals surface area contributed by atoms with E-state index in [1.807, 2.05) is 0 Å². The number of hydrogen-bond acceptors (Lipinski definition) is 14. The van der Waals surface area contributed by atoms with Crippen LogP contribution >= 0.6 is 23.1 Å². The van der Waals surface area contributed by atoms with E-state index in [1.54, 1.807) is 0 Å². The van der Waals surface area contributed by atoms with E-state index in [0.717, 1.165) is 18.3 Å². The molecule has 1 aromatic heterocycles. The smallest absolute Gasteiger partial charge is 0.358 e. The average molecular weight is 554 g/mol. The lowest BCUT2D eigenvalue weighted by atomic mass is 10.0. The molecule has 14 nitrogen and oxygen atoms in total. The van der Waals surface area contributed by atoms with Crippen LogP contribution in [0.3, 0.4) is 0 Å². The Bertz CT molecular complexity index is 1190. The quantitative estimate of drug-likeness (QED) is 0.129. The van der Waals surface area contributed by atoms with Crippen molar-refractivity contribution in [3.8, 4) is 0 Å². The van der Waals surface area contributed by atoms with Gasteiger partial charge in [-0.25, -0.2) is 9.78 Å². The highest BCUT2D eigenvalue weighted by molar-refractivity contribution is 8.00. The molecule has 16 heteroatoms. The molecule has 0 unspecified atom stereocenters. The number of esters is 3. The van der Waals surface area contributed by atoms with Gasteiger partial charge >= 0.3 is 17.9 Å². The number of β-lactam (4-membered cyclic amide) rings is 1. The summed E-state index contributed by atoms with van der Waals surface area (Å²) in [5.41, 5.74) is 5.98. The van der Waals surface area contributed by atoms with Gasteiger partial charge in [-0.15, -0.1) is 23.1 Å². The monoisotopic (exact) mass is 553 g/mol. The Labute approximate surface area is 218 Å². The van der Waals surface area contributed by atoms with Crippen molar-refractivity contribution in [2.24, 2.45) is 5.16 Å². The van der Waals surface area contributed by atoms with Crippen LogP contribution in [0.4, 0.5) is 5.13 Å². The maximum atomic E-state index is 13.1. The number of aromatic nitrogens is 1. The van der Waals surface area contributed by atoms with Gasteiger partial charge < -0.3 is 30.1 Å². The number of allylic oxidation sites excluding steroid dienone is 1. The molecule has 0 bridgehead atoms. The van der Waals surface area contributed by atoms with E-state index < -0.39 is 47.9 Å². The molecule has 1 aromatic rings. The number of amides is 2. The van der Waals surface area contributed by atoms with Crippen LogP contribution in [0, 0.1) is 0 Å². The van der Waals surface area contributed by atoms with Crippen LogP contribution in [0.5, 0.6) is 0 Å². The third-order valence-electron chi connectivity index (χ3n) is 4.79. The molecule has 198 valence electrons. The number of nitrogens with two attached hydrogens (primary N) is 1. The van der Waals surface area contributed by atoms with Crippen molar-refractivity contribution >= 4 is 63.7 Å². The molecule has 2 amide bonds. The molecular formula is C21H23N5O9S2. The molecule has 0 aromatic carbocycles. The van der Waals surface area contributed by atoms with E-state index in [1.165, 1.54) is 48.2 Å². The average Bonchev–Trinajstić information content (AvgIpc) is 3.28. The molecule has 1 saturated heterocycles. The number of rotatable bonds is 10. The van der Waals surface area contributed by atoms with E-state index in [9.17, 15) is 24.0 Å². The fourth-order valence-corrected chi connectivity index (χ4v) is 5.12. The predicted molar refractivity (Wildman–Crippen MR) is 131 cm³/mol. The summed E-state index contributed by atoms with van der Waals surface area (Å²) in [6.07, 6.45) is 3.04. The molecule has 0 spiro atoms. The highest BCUT2D eigenvalue weighted by Crippen LogP contribution is 2.41. The Morgan fingerprint density at radius 2 is 1.97 bits per heavy atom. The van der Waals surface area contributed by atoms with Crippen LogP contribution in [0.25, 0.3) is 0 Å². The van der Waals surface area contributed by atoms with Gasteiger partial charge in [-0.3, -0.25) is 24.1 Å². The zero-order chi connectivity index (χ0) is 27.1. The highest BCUT2D eigenvalue weighted by atomic mass is 32.2. The lowest BCUT2D eigenvalue weighted by Crippen LogP contribution is -2.71. The van der Waals surface area contributed by atoms with E-state index in [-0.39, 0.29) is 34.6 Å². The maximum Gasteiger partial charge on any atom is 0.358 e. The lowest BCUT2D eigenvalue weighted by molar-refractivity contribution is -0.166. The molecule has 1 fully saturated rings. The first kappa shape index (κ1) is 27.7. The molecule has 3 rings (SSSR count). The Balaban J connectivity index is 1.79. The summed E-state index contributed by atoms with van der Waals surface area (Å²) in [7, 11) is 1.26. The van der Waals surface area contributed by atoms with Crippen molar-refractivity contribution in [3.63, 3.8) is 0 Å². The SMILES string of the molecule is CO/N=C(\C(=O)N[C@@H]1C(=O)N2C(C(=O)OCOC(C)=O)=C(/C=C\COC(C)=O)CS[C@@H]12)c1csc(N)n1. The first-order valence-electron chi connectivity index (χ1n) is 10.6. The lowest BCUT2D eigenvalue weighted by Gasteiger charge is -2.49. The van der Waals surface area contributed by atoms with Gasteiger partial charge in [0.2, 0.25) is 6.79 Å². The van der Waals surface area contributed by atoms with Gasteiger partial charge in [0.25, 0.3) is 11.8 Å². The fourth-order valence-electron chi connectivity index (χ4n) is 3.25. The van der Waals surface area contributed by atoms with Crippen LogP contribution in [-0.2, 0) is 43.0 Å². The van der Waals surface area contributed by atoms with Crippen LogP contribution in [0.2, 0.25) is 0 Å². The number of carbonyl (C=O) groups is 5. The fraction of sp³-hybridized carbons (Fsp3) is 0.381. The Morgan fingerprint density at radius 1 is 1.24 bits per heavy atom. The molecule has 3 heterocycles. The van der Waals surface area contributed by atoms with Gasteiger partial charge in [0.1, 0.15) is 36.5 Å². The topological polar surface area (TPSA) is 189 Å². The van der Waals surface area contributed by atoms with Gasteiger partial charge in [-0.05, 0) is 11.6 Å². The van der Waals surface area contributed by atoms with E-state index in [0.29, 0.717) is 5.57 Å². The minimum atomic E-state index is -0.988. The molecular weight excluding hydrogens is 530 g/mol. The van der Waals surface area contributed by atoms with Crippen LogP contribution in [-0.4, -0.2) is 83.0 Å². The number of oxime groups is 1. The molecule has 0 aliphatic carbocycles. The number of anilines is 1. The third kappa shape index (κ3) is 6.65. The number of hydrogen-bond donors (Lipinski definition) is 2. The van der Waals surface area contributed by atoms with Gasteiger partial charge in [0, 0.05) is 25.0 Å². The number of nitrogen functional groups attached to an aromatic ring is 1. The summed E-state index contributed by atoms with van der Waals surface area (Å²) in [6.45, 7) is 1.72. The second-order valence-corrected chi connectivity index (χ2v) is 9.31. The number of ether oxygens (including phenoxy) is 3. The number of fused-ring (bicyclic) bond motifs is 1. The maximum absolute atomic E-state index is 13.1. The van der Waals surface area contributed by atoms with Gasteiger partial charge in [-0.1, -0.05) is 11.2 Å². The first-order valence-corrected chi connectivity index (χ1v) is 12.5. The molecule has 2 atom stereocenters. The van der Waals surface area contributed by atoms with E-state index in [2.05, 4.69) is 20.2 Å². The molecule has 37 heavy (non-hydrogen) atoms. The minimum Gasteiger partial charge on any atom is -0.462 e. The molecule has 2 aliphatic heterocycles. The summed E-state index contributed by atoms with van der Waals surface area (Å²) >= 11 is 2.39. The minimum absolute atomic E-state index is 0.0436. The summed E-state index contributed by atoms with van der Waals surface area (Å²) < 4.78 is 14.5. The van der Waals surface area contributed by atoms with Gasteiger partial charge in [-0.2, -0.15) is 0 Å². The Morgan fingerprint density at radius 3 is 2.59 bits per heavy atom. The molecule has 0 radical (unpaired) electrons. The zero-order valence-electron chi connectivity index (χ0n) is 19.9. The highest BCUT2D eigenvalue weighted by Gasteiger charge is 2.54. The van der Waals surface area contributed by atoms with Crippen molar-refractivity contribution in [2.45, 2.75) is 25.3 Å². The summed E-state index contributed by atoms with van der Waals surface area (Å²) in [5.74, 6) is -3.08. The second-order valence-electron chi connectivity index (χ2n) is 7.32. The summed E-state index contributed by atoms with van der Waals surface area (Å²) in [5, 5.41) is 7.40. The Kier molecular flexibility index (Phi) is 9.24. The van der Waals surface area contributed by atoms with Crippen LogP contribution in [0.15, 0.2) is 34.0 Å². The standard InChI is InChI=1S/C21H23N5O9S2/c1-10(27)33-6-4-5-12-7-36-19-15(18(30)26(19)16(12)20(31)35-9-34-11(2)28)24-17(29)14(25-32-3)13-8-37-21(22)23-13/h4-5,8,15,19H,6-7,9H2,1-3H3,(H2,22,23)(H,24,29)/b5-4-,25-14-/t15-,19+/m1/s1. The van der Waals surface area contributed by atoms with Crippen LogP contribution in [0.1, 0.15) is 19.5 Å². The van der Waals surface area contributed by atoms with Crippen molar-refractivity contribution < 1.29 is 43.0 Å². The molecule has 0 saturated carbocycles. The van der Waals surface area contributed by atoms with E-state index >= 15 is 0 Å². The van der Waals surface area contributed by atoms with Crippen LogP contribution < -0.4 is 11.1 Å². The first-order chi connectivity index (χ1) is 17.6. The number of thioether (sulfide) groups is 1. The van der Waals surface area contributed by atoms with E-state index in [4.69, 9.17) is 20.0 Å². The number of nitrogens with zero attached hydrogens (tertiary/aromatic N) is 3. The van der Waals surface area contributed by atoms with Crippen molar-refractivity contribution in [3.05, 3.63) is 34.5 Å². The number of nitrogens with one attached hydrogen (secondary N) is 1. The molecule has 3 N–H and O–H groups in total. The number of thiazole rings is 1. The normalized spacial score (nSPS) is 19.2. The Hall–Kier alpha value is -3.92. The van der Waals surface area contributed by atoms with Gasteiger partial charge in [0.15, 0.2) is 10.8 Å².